The SMILES string of the molecule is CCc1ccc(-c2cc[c]c(F)c2)cc1CC. The van der Waals surface area contributed by atoms with Crippen LogP contribution in [0.25, 0.3) is 11.1 Å². The van der Waals surface area contributed by atoms with Crippen molar-refractivity contribution in [2.24, 2.45) is 0 Å². The summed E-state index contributed by atoms with van der Waals surface area (Å²) in [4.78, 5) is 0. The molecule has 0 aliphatic rings. The van der Waals surface area contributed by atoms with Crippen LogP contribution < -0.4 is 0 Å². The van der Waals surface area contributed by atoms with E-state index in [2.05, 4.69) is 38.1 Å². The van der Waals surface area contributed by atoms with E-state index in [0.29, 0.717) is 0 Å². The summed E-state index contributed by atoms with van der Waals surface area (Å²) in [6, 6.07) is 13.9. The van der Waals surface area contributed by atoms with Crippen LogP contribution in [0.4, 0.5) is 4.39 Å². The number of benzene rings is 2. The first-order chi connectivity index (χ1) is 8.24. The first-order valence-electron chi connectivity index (χ1n) is 6.04. The third-order valence-electron chi connectivity index (χ3n) is 3.07. The number of hydrogen-bond acceptors (Lipinski definition) is 0. The Morgan fingerprint density at radius 3 is 2.29 bits per heavy atom. The molecule has 1 radical (unpaired) electrons. The van der Waals surface area contributed by atoms with Gasteiger partial charge in [0.15, 0.2) is 0 Å². The molecule has 0 nitrogen and oxygen atoms in total. The maximum absolute atomic E-state index is 13.1. The molecule has 2 rings (SSSR count). The summed E-state index contributed by atoms with van der Waals surface area (Å²) in [6.45, 7) is 4.31. The third kappa shape index (κ3) is 2.55. The van der Waals surface area contributed by atoms with Crippen molar-refractivity contribution in [3.8, 4) is 11.1 Å². The fourth-order valence-electron chi connectivity index (χ4n) is 2.10. The van der Waals surface area contributed by atoms with Crippen LogP contribution in [-0.4, -0.2) is 0 Å². The van der Waals surface area contributed by atoms with Crippen molar-refractivity contribution in [1.82, 2.24) is 0 Å². The molecule has 0 aliphatic heterocycles. The number of rotatable bonds is 3. The molecule has 0 heterocycles. The summed E-state index contributed by atoms with van der Waals surface area (Å²) < 4.78 is 13.1. The minimum atomic E-state index is -0.305. The summed E-state index contributed by atoms with van der Waals surface area (Å²) in [6.07, 6.45) is 2.05. The molecule has 0 atom stereocenters. The van der Waals surface area contributed by atoms with E-state index in [1.54, 1.807) is 6.07 Å². The van der Waals surface area contributed by atoms with Crippen LogP contribution in [0.15, 0.2) is 36.4 Å². The second-order valence-electron chi connectivity index (χ2n) is 4.12. The predicted molar refractivity (Wildman–Crippen MR) is 69.4 cm³/mol. The average Bonchev–Trinajstić information content (AvgIpc) is 2.38. The van der Waals surface area contributed by atoms with Gasteiger partial charge in [-0.3, -0.25) is 0 Å². The van der Waals surface area contributed by atoms with Crippen molar-refractivity contribution < 1.29 is 4.39 Å². The van der Waals surface area contributed by atoms with Crippen LogP contribution in [0.2, 0.25) is 0 Å². The van der Waals surface area contributed by atoms with Crippen LogP contribution in [0.3, 0.4) is 0 Å². The number of aryl methyl sites for hydroxylation is 2. The Bertz CT molecular complexity index is 515. The van der Waals surface area contributed by atoms with Crippen molar-refractivity contribution >= 4 is 0 Å². The Labute approximate surface area is 102 Å². The third-order valence-corrected chi connectivity index (χ3v) is 3.07. The highest BCUT2D eigenvalue weighted by Gasteiger charge is 2.03. The molecule has 2 aromatic rings. The summed E-state index contributed by atoms with van der Waals surface area (Å²) >= 11 is 0. The molecule has 2 aromatic carbocycles. The predicted octanol–water partition coefficient (Wildman–Crippen LogP) is 4.42. The minimum absolute atomic E-state index is 0.305. The van der Waals surface area contributed by atoms with Gasteiger partial charge in [0.2, 0.25) is 0 Å². The maximum atomic E-state index is 13.1. The van der Waals surface area contributed by atoms with Gasteiger partial charge >= 0.3 is 0 Å². The molecule has 0 unspecified atom stereocenters. The maximum Gasteiger partial charge on any atom is 0.131 e. The van der Waals surface area contributed by atoms with Crippen molar-refractivity contribution in [2.45, 2.75) is 26.7 Å². The zero-order chi connectivity index (χ0) is 12.3. The Balaban J connectivity index is 2.46. The van der Waals surface area contributed by atoms with Gasteiger partial charge in [0.05, 0.1) is 0 Å². The van der Waals surface area contributed by atoms with Crippen molar-refractivity contribution in [2.75, 3.05) is 0 Å². The van der Waals surface area contributed by atoms with Crippen molar-refractivity contribution in [1.29, 1.82) is 0 Å². The summed E-state index contributed by atoms with van der Waals surface area (Å²) in [5.74, 6) is -0.305. The van der Waals surface area contributed by atoms with Gasteiger partial charge in [0.25, 0.3) is 0 Å². The van der Waals surface area contributed by atoms with Gasteiger partial charge < -0.3 is 0 Å². The Kier molecular flexibility index (Phi) is 3.58. The van der Waals surface area contributed by atoms with Gasteiger partial charge in [0, 0.05) is 6.07 Å². The number of halogens is 1. The lowest BCUT2D eigenvalue weighted by atomic mass is 9.96. The van der Waals surface area contributed by atoms with Gasteiger partial charge in [-0.1, -0.05) is 44.2 Å². The zero-order valence-electron chi connectivity index (χ0n) is 10.3. The van der Waals surface area contributed by atoms with Crippen LogP contribution in [0.5, 0.6) is 0 Å². The minimum Gasteiger partial charge on any atom is -0.206 e. The quantitative estimate of drug-likeness (QED) is 0.728. The van der Waals surface area contributed by atoms with Crippen LogP contribution in [0.1, 0.15) is 25.0 Å². The van der Waals surface area contributed by atoms with Crippen molar-refractivity contribution in [3.63, 3.8) is 0 Å². The van der Waals surface area contributed by atoms with Gasteiger partial charge in [-0.25, -0.2) is 4.39 Å². The molecule has 1 heteroatoms. The average molecular weight is 227 g/mol. The summed E-state index contributed by atoms with van der Waals surface area (Å²) in [5, 5.41) is 0. The monoisotopic (exact) mass is 227 g/mol. The lowest BCUT2D eigenvalue weighted by Gasteiger charge is -2.09. The molecule has 0 N–H and O–H groups in total. The molecule has 17 heavy (non-hydrogen) atoms. The highest BCUT2D eigenvalue weighted by molar-refractivity contribution is 5.64. The van der Waals surface area contributed by atoms with Gasteiger partial charge in [-0.2, -0.15) is 0 Å². The topological polar surface area (TPSA) is 0 Å². The Hall–Kier alpha value is -1.63. The van der Waals surface area contributed by atoms with E-state index < -0.39 is 0 Å². The number of hydrogen-bond donors (Lipinski definition) is 0. The molecule has 0 saturated carbocycles. The van der Waals surface area contributed by atoms with Crippen LogP contribution in [0, 0.1) is 11.9 Å². The zero-order valence-corrected chi connectivity index (χ0v) is 10.3. The molecule has 87 valence electrons. The fraction of sp³-hybridized carbons (Fsp3) is 0.250. The molecule has 0 saturated heterocycles. The molecule has 0 fully saturated rings. The lowest BCUT2D eigenvalue weighted by Crippen LogP contribution is -1.92. The normalized spacial score (nSPS) is 10.5. The highest BCUT2D eigenvalue weighted by Crippen LogP contribution is 2.23. The molecule has 0 amide bonds. The van der Waals surface area contributed by atoms with E-state index in [1.165, 1.54) is 17.2 Å². The van der Waals surface area contributed by atoms with E-state index in [0.717, 1.165) is 24.0 Å². The van der Waals surface area contributed by atoms with E-state index >= 15 is 0 Å². The van der Waals surface area contributed by atoms with Crippen molar-refractivity contribution in [3.05, 3.63) is 59.4 Å². The molecular formula is C16H16F. The van der Waals surface area contributed by atoms with E-state index in [9.17, 15) is 4.39 Å². The first-order valence-corrected chi connectivity index (χ1v) is 6.04. The molecule has 0 spiro atoms. The fourth-order valence-corrected chi connectivity index (χ4v) is 2.10. The van der Waals surface area contributed by atoms with Crippen LogP contribution in [-0.2, 0) is 12.8 Å². The smallest absolute Gasteiger partial charge is 0.131 e. The van der Waals surface area contributed by atoms with Gasteiger partial charge in [-0.15, -0.1) is 0 Å². The summed E-state index contributed by atoms with van der Waals surface area (Å²) in [5.41, 5.74) is 4.71. The lowest BCUT2D eigenvalue weighted by molar-refractivity contribution is 0.626. The second-order valence-corrected chi connectivity index (χ2v) is 4.12. The molecule has 0 bridgehead atoms. The van der Waals surface area contributed by atoms with E-state index in [1.807, 2.05) is 6.07 Å². The molecule has 0 aromatic heterocycles. The standard InChI is InChI=1S/C16H16F/c1-3-12-8-9-15(10-13(12)4-2)14-6-5-7-16(17)11-14/h5-6,8-11H,3-4H2,1-2H3. The summed E-state index contributed by atoms with van der Waals surface area (Å²) in [7, 11) is 0. The first kappa shape index (κ1) is 11.8. The highest BCUT2D eigenvalue weighted by atomic mass is 19.1. The molecule has 0 aliphatic carbocycles. The van der Waals surface area contributed by atoms with E-state index in [-0.39, 0.29) is 5.82 Å². The second kappa shape index (κ2) is 5.13. The van der Waals surface area contributed by atoms with Crippen LogP contribution >= 0.6 is 0 Å². The Morgan fingerprint density at radius 1 is 0.941 bits per heavy atom. The molecular weight excluding hydrogens is 211 g/mol. The van der Waals surface area contributed by atoms with E-state index in [4.69, 9.17) is 0 Å². The van der Waals surface area contributed by atoms with Gasteiger partial charge in [0.1, 0.15) is 5.82 Å². The Morgan fingerprint density at radius 2 is 1.65 bits per heavy atom. The van der Waals surface area contributed by atoms with Gasteiger partial charge in [-0.05, 0) is 41.2 Å². The largest absolute Gasteiger partial charge is 0.206 e.